The molecule has 7 heteroatoms. The van der Waals surface area contributed by atoms with Crippen LogP contribution in [-0.2, 0) is 13.5 Å². The Balaban J connectivity index is 2.69. The summed E-state index contributed by atoms with van der Waals surface area (Å²) < 4.78 is 1.56. The number of nitro groups is 1. The molecule has 1 heterocycles. The van der Waals surface area contributed by atoms with E-state index in [-0.39, 0.29) is 10.6 Å². The molecule has 0 amide bonds. The third kappa shape index (κ3) is 3.63. The minimum absolute atomic E-state index is 0.116. The molecule has 0 radical (unpaired) electrons. The lowest BCUT2D eigenvalue weighted by Gasteiger charge is -2.05. The zero-order valence-corrected chi connectivity index (χ0v) is 11.9. The number of rotatable bonds is 8. The van der Waals surface area contributed by atoms with Crippen molar-refractivity contribution in [2.75, 3.05) is 23.9 Å². The smallest absolute Gasteiger partial charge is 0.333 e. The van der Waals surface area contributed by atoms with Crippen molar-refractivity contribution in [1.29, 1.82) is 0 Å². The van der Waals surface area contributed by atoms with Crippen LogP contribution >= 0.6 is 11.8 Å². The van der Waals surface area contributed by atoms with E-state index in [1.165, 1.54) is 0 Å². The summed E-state index contributed by atoms with van der Waals surface area (Å²) in [6.45, 7) is 2.61. The fraction of sp³-hybridized carbons (Fsp3) is 0.727. The first kappa shape index (κ1) is 14.8. The maximum atomic E-state index is 11.1. The maximum Gasteiger partial charge on any atom is 0.333 e. The molecular formula is C11H20N4O2S. The number of aryl methyl sites for hydroxylation is 2. The second kappa shape index (κ2) is 7.25. The van der Waals surface area contributed by atoms with E-state index in [0.717, 1.165) is 25.1 Å². The van der Waals surface area contributed by atoms with Gasteiger partial charge in [-0.25, -0.2) is 4.68 Å². The monoisotopic (exact) mass is 272 g/mol. The van der Waals surface area contributed by atoms with Gasteiger partial charge in [0.25, 0.3) is 0 Å². The third-order valence-electron chi connectivity index (χ3n) is 2.68. The number of hydrogen-bond donors (Lipinski definition) is 1. The molecule has 0 bridgehead atoms. The molecule has 1 aromatic rings. The summed E-state index contributed by atoms with van der Waals surface area (Å²) in [7, 11) is 1.73. The van der Waals surface area contributed by atoms with Crippen LogP contribution in [0.1, 0.15) is 25.5 Å². The topological polar surface area (TPSA) is 73.0 Å². The maximum absolute atomic E-state index is 11.1. The molecule has 0 spiro atoms. The first-order valence-corrected chi connectivity index (χ1v) is 7.44. The number of hydrogen-bond acceptors (Lipinski definition) is 5. The van der Waals surface area contributed by atoms with Crippen LogP contribution in [0.4, 0.5) is 11.5 Å². The van der Waals surface area contributed by atoms with Crippen LogP contribution in [0.5, 0.6) is 0 Å². The average molecular weight is 272 g/mol. The van der Waals surface area contributed by atoms with E-state index in [2.05, 4.69) is 16.7 Å². The lowest BCUT2D eigenvalue weighted by atomic mass is 10.3. The van der Waals surface area contributed by atoms with Crippen LogP contribution in [0.15, 0.2) is 0 Å². The number of nitrogens with zero attached hydrogens (tertiary/aromatic N) is 3. The van der Waals surface area contributed by atoms with Gasteiger partial charge in [0.1, 0.15) is 5.69 Å². The molecule has 0 aliphatic rings. The Hall–Kier alpha value is -1.24. The van der Waals surface area contributed by atoms with Gasteiger partial charge in [0.05, 0.1) is 4.92 Å². The molecule has 0 atom stereocenters. The van der Waals surface area contributed by atoms with Gasteiger partial charge in [-0.05, 0) is 31.3 Å². The first-order chi connectivity index (χ1) is 8.61. The molecule has 0 aliphatic heterocycles. The number of aromatic nitrogens is 2. The van der Waals surface area contributed by atoms with Gasteiger partial charge in [-0.15, -0.1) is 0 Å². The van der Waals surface area contributed by atoms with Crippen LogP contribution in [0.3, 0.4) is 0 Å². The summed E-state index contributed by atoms with van der Waals surface area (Å²) in [5.41, 5.74) is 0.652. The largest absolute Gasteiger partial charge is 0.365 e. The molecule has 1 aromatic heterocycles. The van der Waals surface area contributed by atoms with Gasteiger partial charge in [-0.2, -0.15) is 16.9 Å². The summed E-state index contributed by atoms with van der Waals surface area (Å²) in [5.74, 6) is 1.64. The van der Waals surface area contributed by atoms with Gasteiger partial charge in [-0.3, -0.25) is 10.1 Å². The second-order valence-corrected chi connectivity index (χ2v) is 4.99. The highest BCUT2D eigenvalue weighted by Gasteiger charge is 2.24. The van der Waals surface area contributed by atoms with Crippen molar-refractivity contribution in [2.24, 2.45) is 7.05 Å². The Morgan fingerprint density at radius 1 is 1.50 bits per heavy atom. The van der Waals surface area contributed by atoms with Gasteiger partial charge < -0.3 is 5.32 Å². The zero-order valence-electron chi connectivity index (χ0n) is 11.1. The minimum atomic E-state index is -0.351. The predicted molar refractivity (Wildman–Crippen MR) is 75.3 cm³/mol. The standard InChI is InChI=1S/C11H20N4O2S/c1-4-9-10(15(16)17)11(14(2)13-9)12-7-5-6-8-18-3/h12H,4-8H2,1-3H3. The highest BCUT2D eigenvalue weighted by molar-refractivity contribution is 7.98. The molecule has 0 unspecified atom stereocenters. The van der Waals surface area contributed by atoms with E-state index in [9.17, 15) is 10.1 Å². The van der Waals surface area contributed by atoms with Crippen molar-refractivity contribution < 1.29 is 4.92 Å². The summed E-state index contributed by atoms with van der Waals surface area (Å²) in [6.07, 6.45) is 4.76. The molecule has 1 N–H and O–H groups in total. The van der Waals surface area contributed by atoms with Crippen molar-refractivity contribution in [3.63, 3.8) is 0 Å². The average Bonchev–Trinajstić information content (AvgIpc) is 2.66. The quantitative estimate of drug-likeness (QED) is 0.447. The lowest BCUT2D eigenvalue weighted by Crippen LogP contribution is -2.08. The number of unbranched alkanes of at least 4 members (excludes halogenated alkanes) is 1. The fourth-order valence-corrected chi connectivity index (χ4v) is 2.27. The molecule has 0 fully saturated rings. The molecule has 102 valence electrons. The zero-order chi connectivity index (χ0) is 13.5. The Kier molecular flexibility index (Phi) is 5.97. The van der Waals surface area contributed by atoms with Crippen molar-refractivity contribution in [2.45, 2.75) is 26.2 Å². The third-order valence-corrected chi connectivity index (χ3v) is 3.37. The molecule has 0 saturated heterocycles. The fourth-order valence-electron chi connectivity index (χ4n) is 1.77. The summed E-state index contributed by atoms with van der Waals surface area (Å²) >= 11 is 1.81. The van der Waals surface area contributed by atoms with Crippen LogP contribution in [0.2, 0.25) is 0 Å². The van der Waals surface area contributed by atoms with E-state index in [1.54, 1.807) is 11.7 Å². The van der Waals surface area contributed by atoms with Crippen molar-refractivity contribution in [3.8, 4) is 0 Å². The van der Waals surface area contributed by atoms with Gasteiger partial charge in [0, 0.05) is 13.6 Å². The highest BCUT2D eigenvalue weighted by Crippen LogP contribution is 2.28. The van der Waals surface area contributed by atoms with Crippen LogP contribution in [-0.4, -0.2) is 33.3 Å². The number of thioether (sulfide) groups is 1. The number of anilines is 1. The van der Waals surface area contributed by atoms with Crippen molar-refractivity contribution in [1.82, 2.24) is 9.78 Å². The SMILES string of the molecule is CCc1nn(C)c(NCCCCSC)c1[N+](=O)[O-]. The predicted octanol–water partition coefficient (Wildman–Crippen LogP) is 2.45. The van der Waals surface area contributed by atoms with Crippen LogP contribution in [0, 0.1) is 10.1 Å². The van der Waals surface area contributed by atoms with E-state index in [1.807, 2.05) is 18.7 Å². The van der Waals surface area contributed by atoms with Gasteiger partial charge in [0.2, 0.25) is 5.82 Å². The summed E-state index contributed by atoms with van der Waals surface area (Å²) in [5, 5.41) is 18.4. The Morgan fingerprint density at radius 2 is 2.22 bits per heavy atom. The van der Waals surface area contributed by atoms with Gasteiger partial charge in [-0.1, -0.05) is 6.92 Å². The van der Waals surface area contributed by atoms with E-state index >= 15 is 0 Å². The van der Waals surface area contributed by atoms with E-state index < -0.39 is 0 Å². The van der Waals surface area contributed by atoms with E-state index in [0.29, 0.717) is 17.9 Å². The molecule has 0 aliphatic carbocycles. The van der Waals surface area contributed by atoms with Crippen molar-refractivity contribution in [3.05, 3.63) is 15.8 Å². The summed E-state index contributed by atoms with van der Waals surface area (Å²) in [6, 6.07) is 0. The highest BCUT2D eigenvalue weighted by atomic mass is 32.2. The van der Waals surface area contributed by atoms with Gasteiger partial charge in [0.15, 0.2) is 0 Å². The Morgan fingerprint density at radius 3 is 2.78 bits per heavy atom. The minimum Gasteiger partial charge on any atom is -0.365 e. The Labute approximate surface area is 111 Å². The Bertz CT molecular complexity index is 406. The molecule has 18 heavy (non-hydrogen) atoms. The van der Waals surface area contributed by atoms with Crippen molar-refractivity contribution >= 4 is 23.3 Å². The molecular weight excluding hydrogens is 252 g/mol. The summed E-state index contributed by atoms with van der Waals surface area (Å²) in [4.78, 5) is 10.7. The number of nitrogens with one attached hydrogen (secondary N) is 1. The van der Waals surface area contributed by atoms with Crippen LogP contribution in [0.25, 0.3) is 0 Å². The van der Waals surface area contributed by atoms with E-state index in [4.69, 9.17) is 0 Å². The van der Waals surface area contributed by atoms with Crippen LogP contribution < -0.4 is 5.32 Å². The second-order valence-electron chi connectivity index (χ2n) is 4.00. The molecule has 0 saturated carbocycles. The molecule has 0 aromatic carbocycles. The molecule has 6 nitrogen and oxygen atoms in total. The van der Waals surface area contributed by atoms with Gasteiger partial charge >= 0.3 is 5.69 Å². The first-order valence-electron chi connectivity index (χ1n) is 6.04. The normalized spacial score (nSPS) is 10.6. The molecule has 1 rings (SSSR count). The lowest BCUT2D eigenvalue weighted by molar-refractivity contribution is -0.384.